The lowest BCUT2D eigenvalue weighted by molar-refractivity contribution is 0.645. The fourth-order valence-corrected chi connectivity index (χ4v) is 8.23. The van der Waals surface area contributed by atoms with Gasteiger partial charge in [-0.1, -0.05) is 127 Å². The maximum atomic E-state index is 6.60. The lowest BCUT2D eigenvalue weighted by Gasteiger charge is -2.10. The summed E-state index contributed by atoms with van der Waals surface area (Å²) >= 11 is 0. The number of fused-ring (bicyclic) bond motifs is 8. The second-order valence-electron chi connectivity index (χ2n) is 13.8. The Morgan fingerprint density at radius 2 is 0.755 bits per heavy atom. The minimum absolute atomic E-state index is 0.872. The molecule has 0 fully saturated rings. The molecule has 3 nitrogen and oxygen atoms in total. The zero-order valence-corrected chi connectivity index (χ0v) is 28.8. The average Bonchev–Trinajstić information content (AvgIpc) is 3.88. The largest absolute Gasteiger partial charge is 0.439 e. The average molecular weight is 677 g/mol. The first kappa shape index (κ1) is 29.6. The summed E-state index contributed by atoms with van der Waals surface area (Å²) in [5.74, 6) is 0. The zero-order valence-electron chi connectivity index (χ0n) is 28.8. The molecule has 0 aliphatic rings. The number of benzene rings is 8. The van der Waals surface area contributed by atoms with Crippen LogP contribution in [0.2, 0.25) is 0 Å². The third-order valence-corrected chi connectivity index (χ3v) is 10.7. The smallest absolute Gasteiger partial charge is 0.213 e. The quantitative estimate of drug-likeness (QED) is 0.178. The molecule has 0 spiro atoms. The van der Waals surface area contributed by atoms with Crippen LogP contribution in [0.1, 0.15) is 0 Å². The van der Waals surface area contributed by atoms with Gasteiger partial charge in [0.05, 0.1) is 21.9 Å². The van der Waals surface area contributed by atoms with Crippen molar-refractivity contribution < 1.29 is 4.42 Å². The third-order valence-electron chi connectivity index (χ3n) is 10.7. The van der Waals surface area contributed by atoms with E-state index in [2.05, 4.69) is 197 Å². The summed E-state index contributed by atoms with van der Waals surface area (Å²) in [5.41, 5.74) is 14.7. The van der Waals surface area contributed by atoms with Crippen LogP contribution in [0.3, 0.4) is 0 Å². The van der Waals surface area contributed by atoms with Crippen LogP contribution in [0.5, 0.6) is 0 Å². The number of nitrogens with zero attached hydrogens (tertiary/aromatic N) is 2. The summed E-state index contributed by atoms with van der Waals surface area (Å²) < 4.78 is 11.2. The van der Waals surface area contributed by atoms with E-state index in [4.69, 9.17) is 4.42 Å². The normalized spacial score (nSPS) is 11.8. The lowest BCUT2D eigenvalue weighted by atomic mass is 10.0. The molecule has 11 rings (SSSR count). The van der Waals surface area contributed by atoms with Crippen LogP contribution in [-0.2, 0) is 0 Å². The van der Waals surface area contributed by atoms with Crippen LogP contribution in [0.25, 0.3) is 99.5 Å². The Balaban J connectivity index is 1.05. The molecule has 0 unspecified atom stereocenters. The van der Waals surface area contributed by atoms with Gasteiger partial charge in [0.25, 0.3) is 0 Å². The number of hydrogen-bond acceptors (Lipinski definition) is 1. The van der Waals surface area contributed by atoms with Gasteiger partial charge in [-0.15, -0.1) is 0 Å². The Bertz CT molecular complexity index is 3030. The molecule has 0 amide bonds. The van der Waals surface area contributed by atoms with Gasteiger partial charge < -0.3 is 8.98 Å². The third kappa shape index (κ3) is 4.68. The van der Waals surface area contributed by atoms with E-state index in [9.17, 15) is 0 Å². The van der Waals surface area contributed by atoms with E-state index < -0.39 is 0 Å². The Hall–Kier alpha value is -7.10. The Kier molecular flexibility index (Phi) is 6.55. The molecule has 3 aromatic heterocycles. The van der Waals surface area contributed by atoms with Crippen LogP contribution in [0.15, 0.2) is 199 Å². The second-order valence-corrected chi connectivity index (χ2v) is 13.8. The Labute approximate surface area is 306 Å². The van der Waals surface area contributed by atoms with Gasteiger partial charge >= 0.3 is 0 Å². The van der Waals surface area contributed by atoms with Crippen molar-refractivity contribution in [1.29, 1.82) is 0 Å². The SMILES string of the molecule is c1ccc(-c2ccc3c(c2)c2cc(-c4ccccc4)ccc2n3-c2ccc(-c3ccc4oc5c(c4c3)c3ccccc3n5-c3ccccc3)cc2)cc1. The summed E-state index contributed by atoms with van der Waals surface area (Å²) in [6, 6.07) is 69.6. The van der Waals surface area contributed by atoms with Gasteiger partial charge in [0.15, 0.2) is 0 Å². The second kappa shape index (κ2) is 11.7. The maximum Gasteiger partial charge on any atom is 0.213 e. The molecule has 11 aromatic rings. The number of rotatable bonds is 5. The molecule has 8 aromatic carbocycles. The highest BCUT2D eigenvalue weighted by Gasteiger charge is 2.20. The van der Waals surface area contributed by atoms with Gasteiger partial charge in [-0.2, -0.15) is 0 Å². The van der Waals surface area contributed by atoms with Crippen LogP contribution >= 0.6 is 0 Å². The van der Waals surface area contributed by atoms with Gasteiger partial charge in [-0.3, -0.25) is 4.57 Å². The predicted octanol–water partition coefficient (Wildman–Crippen LogP) is 13.6. The highest BCUT2D eigenvalue weighted by atomic mass is 16.3. The predicted molar refractivity (Wildman–Crippen MR) is 221 cm³/mol. The van der Waals surface area contributed by atoms with E-state index in [0.717, 1.165) is 50.1 Å². The summed E-state index contributed by atoms with van der Waals surface area (Å²) in [5, 5.41) is 5.95. The van der Waals surface area contributed by atoms with E-state index in [0.29, 0.717) is 0 Å². The van der Waals surface area contributed by atoms with Crippen molar-refractivity contribution in [1.82, 2.24) is 9.13 Å². The van der Waals surface area contributed by atoms with E-state index >= 15 is 0 Å². The zero-order chi connectivity index (χ0) is 34.9. The number of hydrogen-bond donors (Lipinski definition) is 0. The van der Waals surface area contributed by atoms with Gasteiger partial charge in [0.2, 0.25) is 5.71 Å². The van der Waals surface area contributed by atoms with Gasteiger partial charge in [0, 0.05) is 32.9 Å². The van der Waals surface area contributed by atoms with E-state index in [1.807, 2.05) is 6.07 Å². The number of aromatic nitrogens is 2. The molecule has 0 bridgehead atoms. The fraction of sp³-hybridized carbons (Fsp3) is 0. The number of furan rings is 1. The van der Waals surface area contributed by atoms with Crippen LogP contribution in [0, 0.1) is 0 Å². The van der Waals surface area contributed by atoms with Crippen LogP contribution in [0.4, 0.5) is 0 Å². The molecule has 0 radical (unpaired) electrons. The van der Waals surface area contributed by atoms with Crippen molar-refractivity contribution in [2.24, 2.45) is 0 Å². The first-order valence-corrected chi connectivity index (χ1v) is 18.1. The molecule has 248 valence electrons. The van der Waals surface area contributed by atoms with Crippen molar-refractivity contribution in [3.63, 3.8) is 0 Å². The van der Waals surface area contributed by atoms with Crippen LogP contribution < -0.4 is 0 Å². The molecule has 53 heavy (non-hydrogen) atoms. The molecule has 0 aliphatic carbocycles. The molecular weight excluding hydrogens is 645 g/mol. The summed E-state index contributed by atoms with van der Waals surface area (Å²) in [6.45, 7) is 0. The topological polar surface area (TPSA) is 23.0 Å². The van der Waals surface area contributed by atoms with Gasteiger partial charge in [0.1, 0.15) is 5.58 Å². The standard InChI is InChI=1S/C50H32N2O/c1-4-12-33(13-5-1)36-22-27-46-42(30-36)43-31-37(34-14-6-2-7-15-34)23-28-47(43)51(46)40-25-20-35(21-26-40)38-24-29-48-44(32-38)49-41-18-10-11-19-45(41)52(50(49)53-48)39-16-8-3-9-17-39/h1-32H. The van der Waals surface area contributed by atoms with Crippen molar-refractivity contribution in [3.8, 4) is 44.8 Å². The molecule has 3 heterocycles. The minimum Gasteiger partial charge on any atom is -0.439 e. The van der Waals surface area contributed by atoms with Gasteiger partial charge in [-0.05, 0) is 100 Å². The minimum atomic E-state index is 0.872. The molecular formula is C50H32N2O. The van der Waals surface area contributed by atoms with Crippen molar-refractivity contribution in [2.45, 2.75) is 0 Å². The first-order chi connectivity index (χ1) is 26.3. The molecule has 0 N–H and O–H groups in total. The highest BCUT2D eigenvalue weighted by molar-refractivity contribution is 6.20. The summed E-state index contributed by atoms with van der Waals surface area (Å²) in [4.78, 5) is 0. The highest BCUT2D eigenvalue weighted by Crippen LogP contribution is 2.41. The number of para-hydroxylation sites is 2. The molecule has 0 aliphatic heterocycles. The van der Waals surface area contributed by atoms with E-state index in [-0.39, 0.29) is 0 Å². The maximum absolute atomic E-state index is 6.60. The van der Waals surface area contributed by atoms with Gasteiger partial charge in [-0.25, -0.2) is 0 Å². The molecule has 0 saturated heterocycles. The Morgan fingerprint density at radius 1 is 0.302 bits per heavy atom. The first-order valence-electron chi connectivity index (χ1n) is 18.1. The van der Waals surface area contributed by atoms with Crippen molar-refractivity contribution in [2.75, 3.05) is 0 Å². The van der Waals surface area contributed by atoms with Crippen molar-refractivity contribution >= 4 is 54.8 Å². The molecule has 0 atom stereocenters. The lowest BCUT2D eigenvalue weighted by Crippen LogP contribution is -1.94. The molecule has 3 heteroatoms. The summed E-state index contributed by atoms with van der Waals surface area (Å²) in [7, 11) is 0. The summed E-state index contributed by atoms with van der Waals surface area (Å²) in [6.07, 6.45) is 0. The Morgan fingerprint density at radius 3 is 1.38 bits per heavy atom. The fourth-order valence-electron chi connectivity index (χ4n) is 8.23. The van der Waals surface area contributed by atoms with E-state index in [1.165, 1.54) is 49.4 Å². The molecule has 0 saturated carbocycles. The van der Waals surface area contributed by atoms with E-state index in [1.54, 1.807) is 0 Å². The van der Waals surface area contributed by atoms with Crippen molar-refractivity contribution in [3.05, 3.63) is 194 Å². The monoisotopic (exact) mass is 676 g/mol. The van der Waals surface area contributed by atoms with Crippen LogP contribution in [-0.4, -0.2) is 9.13 Å².